The van der Waals surface area contributed by atoms with Crippen LogP contribution in [0.15, 0.2) is 66.7 Å². The lowest BCUT2D eigenvalue weighted by atomic mass is 9.87. The summed E-state index contributed by atoms with van der Waals surface area (Å²) in [6.45, 7) is 4.52. The van der Waals surface area contributed by atoms with Gasteiger partial charge in [0.25, 0.3) is 5.91 Å². The second-order valence-corrected chi connectivity index (χ2v) is 9.71. The van der Waals surface area contributed by atoms with Crippen molar-refractivity contribution in [3.05, 3.63) is 89.0 Å². The van der Waals surface area contributed by atoms with Crippen molar-refractivity contribution in [3.8, 4) is 11.5 Å². The third-order valence-corrected chi connectivity index (χ3v) is 6.95. The molecule has 0 bridgehead atoms. The summed E-state index contributed by atoms with van der Waals surface area (Å²) in [5.41, 5.74) is 5.22. The summed E-state index contributed by atoms with van der Waals surface area (Å²) >= 11 is 0. The molecule has 6 heteroatoms. The third kappa shape index (κ3) is 5.08. The highest BCUT2D eigenvalue weighted by atomic mass is 16.5. The molecule has 1 fully saturated rings. The van der Waals surface area contributed by atoms with E-state index in [4.69, 9.17) is 9.47 Å². The minimum absolute atomic E-state index is 0.153. The fraction of sp³-hybridized carbons (Fsp3) is 0.333. The number of aryl methyl sites for hydroxylation is 1. The van der Waals surface area contributed by atoms with E-state index in [0.29, 0.717) is 18.0 Å². The van der Waals surface area contributed by atoms with Crippen LogP contribution in [-0.4, -0.2) is 36.5 Å². The van der Waals surface area contributed by atoms with E-state index in [9.17, 15) is 9.59 Å². The SMILES string of the molecule is COc1ccc(NC(=O)[C@@H](C)Oc2ccc3c(c2)[C@@H](c2cccc(C)c2)N(C(=O)C2CC2)CC3)cc1. The number of anilines is 1. The number of carbonyl (C=O) groups is 2. The molecule has 1 aliphatic carbocycles. The number of ether oxygens (including phenoxy) is 2. The largest absolute Gasteiger partial charge is 0.497 e. The Hall–Kier alpha value is -3.80. The summed E-state index contributed by atoms with van der Waals surface area (Å²) in [6, 6.07) is 21.4. The summed E-state index contributed by atoms with van der Waals surface area (Å²) < 4.78 is 11.3. The lowest BCUT2D eigenvalue weighted by molar-refractivity contribution is -0.134. The van der Waals surface area contributed by atoms with Crippen molar-refractivity contribution in [2.75, 3.05) is 19.0 Å². The summed E-state index contributed by atoms with van der Waals surface area (Å²) in [7, 11) is 1.60. The second-order valence-electron chi connectivity index (χ2n) is 9.71. The van der Waals surface area contributed by atoms with Gasteiger partial charge in [-0.1, -0.05) is 35.9 Å². The highest BCUT2D eigenvalue weighted by Gasteiger charge is 2.39. The zero-order valence-corrected chi connectivity index (χ0v) is 21.0. The molecule has 2 atom stereocenters. The zero-order chi connectivity index (χ0) is 25.2. The number of nitrogens with zero attached hydrogens (tertiary/aromatic N) is 1. The van der Waals surface area contributed by atoms with E-state index in [2.05, 4.69) is 36.5 Å². The Bertz CT molecular complexity index is 1270. The average molecular weight is 485 g/mol. The van der Waals surface area contributed by atoms with Gasteiger partial charge in [-0.3, -0.25) is 9.59 Å². The first kappa shape index (κ1) is 23.9. The molecular formula is C30H32N2O4. The Morgan fingerprint density at radius 3 is 2.44 bits per heavy atom. The van der Waals surface area contributed by atoms with Gasteiger partial charge in [-0.15, -0.1) is 0 Å². The average Bonchev–Trinajstić information content (AvgIpc) is 3.73. The van der Waals surface area contributed by atoms with Gasteiger partial charge in [-0.05, 0) is 86.2 Å². The Labute approximate surface area is 212 Å². The van der Waals surface area contributed by atoms with Gasteiger partial charge >= 0.3 is 0 Å². The van der Waals surface area contributed by atoms with Gasteiger partial charge in [0.15, 0.2) is 6.10 Å². The molecule has 1 saturated carbocycles. The van der Waals surface area contributed by atoms with Crippen molar-refractivity contribution < 1.29 is 19.1 Å². The lowest BCUT2D eigenvalue weighted by Gasteiger charge is -2.38. The Morgan fingerprint density at radius 2 is 1.75 bits per heavy atom. The van der Waals surface area contributed by atoms with Gasteiger partial charge in [-0.2, -0.15) is 0 Å². The lowest BCUT2D eigenvalue weighted by Crippen LogP contribution is -2.41. The molecule has 0 unspecified atom stereocenters. The molecule has 2 aliphatic rings. The molecule has 0 spiro atoms. The summed E-state index contributed by atoms with van der Waals surface area (Å²) in [5, 5.41) is 2.89. The van der Waals surface area contributed by atoms with Crippen LogP contribution in [0, 0.1) is 12.8 Å². The fourth-order valence-electron chi connectivity index (χ4n) is 4.84. The van der Waals surface area contributed by atoms with Crippen molar-refractivity contribution in [2.45, 2.75) is 45.3 Å². The van der Waals surface area contributed by atoms with E-state index < -0.39 is 6.10 Å². The molecule has 1 heterocycles. The highest BCUT2D eigenvalue weighted by Crippen LogP contribution is 2.41. The maximum atomic E-state index is 13.2. The first-order valence-corrected chi connectivity index (χ1v) is 12.5. The molecule has 186 valence electrons. The minimum Gasteiger partial charge on any atom is -0.497 e. The van der Waals surface area contributed by atoms with E-state index in [1.807, 2.05) is 23.1 Å². The number of benzene rings is 3. The fourth-order valence-corrected chi connectivity index (χ4v) is 4.84. The van der Waals surface area contributed by atoms with Crippen molar-refractivity contribution in [1.82, 2.24) is 4.90 Å². The number of hydrogen-bond donors (Lipinski definition) is 1. The van der Waals surface area contributed by atoms with Crippen molar-refractivity contribution in [3.63, 3.8) is 0 Å². The van der Waals surface area contributed by atoms with Crippen LogP contribution in [0.5, 0.6) is 11.5 Å². The van der Waals surface area contributed by atoms with E-state index in [0.717, 1.165) is 41.7 Å². The van der Waals surface area contributed by atoms with Crippen LogP contribution in [0.2, 0.25) is 0 Å². The Kier molecular flexibility index (Phi) is 6.68. The monoisotopic (exact) mass is 484 g/mol. The van der Waals surface area contributed by atoms with Crippen LogP contribution in [0.3, 0.4) is 0 Å². The Balaban J connectivity index is 1.38. The van der Waals surface area contributed by atoms with Crippen LogP contribution >= 0.6 is 0 Å². The molecule has 6 nitrogen and oxygen atoms in total. The summed E-state index contributed by atoms with van der Waals surface area (Å²) in [4.78, 5) is 28.1. The van der Waals surface area contributed by atoms with Crippen molar-refractivity contribution >= 4 is 17.5 Å². The predicted octanol–water partition coefficient (Wildman–Crippen LogP) is 5.29. The second kappa shape index (κ2) is 10.1. The zero-order valence-electron chi connectivity index (χ0n) is 21.0. The van der Waals surface area contributed by atoms with Gasteiger partial charge in [0, 0.05) is 18.2 Å². The quantitative estimate of drug-likeness (QED) is 0.495. The van der Waals surface area contributed by atoms with Gasteiger partial charge in [0.1, 0.15) is 11.5 Å². The smallest absolute Gasteiger partial charge is 0.265 e. The molecule has 0 radical (unpaired) electrons. The van der Waals surface area contributed by atoms with E-state index in [-0.39, 0.29) is 23.8 Å². The molecule has 3 aromatic rings. The predicted molar refractivity (Wildman–Crippen MR) is 139 cm³/mol. The topological polar surface area (TPSA) is 67.9 Å². The minimum atomic E-state index is -0.699. The number of carbonyl (C=O) groups excluding carboxylic acids is 2. The first-order valence-electron chi connectivity index (χ1n) is 12.5. The molecule has 5 rings (SSSR count). The number of amides is 2. The molecule has 3 aromatic carbocycles. The van der Waals surface area contributed by atoms with Gasteiger partial charge in [0.2, 0.25) is 5.91 Å². The van der Waals surface area contributed by atoms with Crippen LogP contribution in [0.4, 0.5) is 5.69 Å². The molecule has 2 amide bonds. The van der Waals surface area contributed by atoms with Crippen molar-refractivity contribution in [2.24, 2.45) is 5.92 Å². The van der Waals surface area contributed by atoms with Gasteiger partial charge < -0.3 is 19.7 Å². The first-order chi connectivity index (χ1) is 17.4. The normalized spacial score (nSPS) is 17.6. The number of fused-ring (bicyclic) bond motifs is 1. The molecular weight excluding hydrogens is 452 g/mol. The number of nitrogens with one attached hydrogen (secondary N) is 1. The van der Waals surface area contributed by atoms with Crippen LogP contribution in [0.1, 0.15) is 48.1 Å². The molecule has 1 aliphatic heterocycles. The Morgan fingerprint density at radius 1 is 1.00 bits per heavy atom. The standard InChI is InChI=1S/C30H32N2O4/c1-19-5-4-6-23(17-19)28-27-18-26(12-9-21(27)15-16-32(28)30(34)22-7-8-22)36-20(2)29(33)31-24-10-13-25(35-3)14-11-24/h4-6,9-14,17-18,20,22,28H,7-8,15-16H2,1-3H3,(H,31,33)/t20-,28-/m1/s1. The van der Waals surface area contributed by atoms with E-state index >= 15 is 0 Å². The maximum Gasteiger partial charge on any atom is 0.265 e. The molecule has 0 saturated heterocycles. The molecule has 1 N–H and O–H groups in total. The highest BCUT2D eigenvalue weighted by molar-refractivity contribution is 5.94. The number of methoxy groups -OCH3 is 1. The van der Waals surface area contributed by atoms with Crippen LogP contribution in [-0.2, 0) is 16.0 Å². The van der Waals surface area contributed by atoms with Crippen molar-refractivity contribution in [1.29, 1.82) is 0 Å². The number of hydrogen-bond acceptors (Lipinski definition) is 4. The molecule has 36 heavy (non-hydrogen) atoms. The number of rotatable bonds is 7. The van der Waals surface area contributed by atoms with Crippen LogP contribution in [0.25, 0.3) is 0 Å². The van der Waals surface area contributed by atoms with Gasteiger partial charge in [0.05, 0.1) is 13.2 Å². The summed E-state index contributed by atoms with van der Waals surface area (Å²) in [5.74, 6) is 1.50. The maximum absolute atomic E-state index is 13.2. The summed E-state index contributed by atoms with van der Waals surface area (Å²) in [6.07, 6.45) is 2.07. The van der Waals surface area contributed by atoms with E-state index in [1.54, 1.807) is 38.3 Å². The molecule has 0 aromatic heterocycles. The van der Waals surface area contributed by atoms with Gasteiger partial charge in [-0.25, -0.2) is 0 Å². The third-order valence-electron chi connectivity index (χ3n) is 6.95. The van der Waals surface area contributed by atoms with E-state index in [1.165, 1.54) is 5.56 Å². The van der Waals surface area contributed by atoms with Crippen LogP contribution < -0.4 is 14.8 Å².